The van der Waals surface area contributed by atoms with Gasteiger partial charge in [-0.15, -0.1) is 0 Å². The molecule has 3 aromatic rings. The van der Waals surface area contributed by atoms with Gasteiger partial charge in [-0.1, -0.05) is 30.3 Å². The fraction of sp³-hybridized carbons (Fsp3) is 0.273. The predicted molar refractivity (Wildman–Crippen MR) is 109 cm³/mol. The van der Waals surface area contributed by atoms with Gasteiger partial charge in [-0.05, 0) is 42.8 Å². The Morgan fingerprint density at radius 3 is 2.56 bits per heavy atom. The van der Waals surface area contributed by atoms with Gasteiger partial charge in [0.25, 0.3) is 5.91 Å². The molecular formula is C22H25N3O2. The number of nitrogens with one attached hydrogen (secondary N) is 1. The van der Waals surface area contributed by atoms with Crippen LogP contribution in [0.3, 0.4) is 0 Å². The van der Waals surface area contributed by atoms with Crippen molar-refractivity contribution in [2.45, 2.75) is 26.5 Å². The molecule has 0 aliphatic heterocycles. The minimum absolute atomic E-state index is 0.0595. The Balaban J connectivity index is 1.84. The van der Waals surface area contributed by atoms with Gasteiger partial charge in [-0.25, -0.2) is 4.98 Å². The predicted octanol–water partition coefficient (Wildman–Crippen LogP) is 4.34. The van der Waals surface area contributed by atoms with Gasteiger partial charge in [-0.3, -0.25) is 4.79 Å². The topological polar surface area (TPSA) is 54.5 Å². The molecule has 0 bridgehead atoms. The largest absolute Gasteiger partial charge is 0.491 e. The normalized spacial score (nSPS) is 10.9. The van der Waals surface area contributed by atoms with Crippen LogP contribution in [0.25, 0.3) is 10.8 Å². The smallest absolute Gasteiger partial charge is 0.254 e. The minimum Gasteiger partial charge on any atom is -0.491 e. The SMILES string of the molecule is CC(C)Oc1ccc2ccccc2c1CNc1ccc(C(=O)N(C)C)cn1. The van der Waals surface area contributed by atoms with E-state index in [0.29, 0.717) is 17.9 Å². The molecule has 0 spiro atoms. The number of hydrogen-bond acceptors (Lipinski definition) is 4. The van der Waals surface area contributed by atoms with E-state index in [2.05, 4.69) is 28.5 Å². The summed E-state index contributed by atoms with van der Waals surface area (Å²) in [5.74, 6) is 1.53. The molecule has 0 radical (unpaired) electrons. The summed E-state index contributed by atoms with van der Waals surface area (Å²) in [5.41, 5.74) is 1.66. The van der Waals surface area contributed by atoms with Gasteiger partial charge in [0.05, 0.1) is 11.7 Å². The summed E-state index contributed by atoms with van der Waals surface area (Å²) < 4.78 is 6.01. The molecule has 0 fully saturated rings. The average Bonchev–Trinajstić information content (AvgIpc) is 2.66. The van der Waals surface area contributed by atoms with Crippen molar-refractivity contribution >= 4 is 22.5 Å². The summed E-state index contributed by atoms with van der Waals surface area (Å²) in [6.45, 7) is 4.63. The summed E-state index contributed by atoms with van der Waals surface area (Å²) in [7, 11) is 3.45. The maximum absolute atomic E-state index is 12.0. The second kappa shape index (κ2) is 8.08. The van der Waals surface area contributed by atoms with E-state index in [1.165, 1.54) is 10.3 Å². The number of hydrogen-bond donors (Lipinski definition) is 1. The van der Waals surface area contributed by atoms with Crippen LogP contribution in [-0.4, -0.2) is 36.0 Å². The third-order valence-corrected chi connectivity index (χ3v) is 4.22. The van der Waals surface area contributed by atoms with Crippen molar-refractivity contribution in [3.8, 4) is 5.75 Å². The number of fused-ring (bicyclic) bond motifs is 1. The molecule has 0 atom stereocenters. The maximum Gasteiger partial charge on any atom is 0.254 e. The minimum atomic E-state index is -0.0595. The summed E-state index contributed by atoms with van der Waals surface area (Å²) in [4.78, 5) is 17.9. The molecule has 140 valence electrons. The van der Waals surface area contributed by atoms with Gasteiger partial charge in [-0.2, -0.15) is 0 Å². The van der Waals surface area contributed by atoms with Crippen molar-refractivity contribution in [1.82, 2.24) is 9.88 Å². The third kappa shape index (κ3) is 4.37. The van der Waals surface area contributed by atoms with Crippen LogP contribution in [-0.2, 0) is 6.54 Å². The number of rotatable bonds is 6. The first-order valence-electron chi connectivity index (χ1n) is 9.04. The standard InChI is InChI=1S/C22H25N3O2/c1-15(2)27-20-11-9-16-7-5-6-8-18(16)19(20)14-24-21-12-10-17(13-23-21)22(26)25(3)4/h5-13,15H,14H2,1-4H3,(H,23,24). The molecule has 0 saturated carbocycles. The van der Waals surface area contributed by atoms with E-state index in [-0.39, 0.29) is 12.0 Å². The van der Waals surface area contributed by atoms with Gasteiger partial charge in [0, 0.05) is 32.4 Å². The van der Waals surface area contributed by atoms with Crippen molar-refractivity contribution in [1.29, 1.82) is 0 Å². The monoisotopic (exact) mass is 363 g/mol. The van der Waals surface area contributed by atoms with Gasteiger partial charge < -0.3 is 15.0 Å². The number of carbonyl (C=O) groups is 1. The molecule has 0 saturated heterocycles. The Morgan fingerprint density at radius 2 is 1.89 bits per heavy atom. The highest BCUT2D eigenvalue weighted by Crippen LogP contribution is 2.29. The number of nitrogens with zero attached hydrogens (tertiary/aromatic N) is 2. The lowest BCUT2D eigenvalue weighted by atomic mass is 10.0. The van der Waals surface area contributed by atoms with Crippen molar-refractivity contribution in [3.05, 3.63) is 65.9 Å². The number of carbonyl (C=O) groups excluding carboxylic acids is 1. The van der Waals surface area contributed by atoms with Crippen LogP contribution < -0.4 is 10.1 Å². The average molecular weight is 363 g/mol. The number of pyridine rings is 1. The summed E-state index contributed by atoms with van der Waals surface area (Å²) in [6, 6.07) is 16.0. The second-order valence-corrected chi connectivity index (χ2v) is 6.92. The molecule has 0 unspecified atom stereocenters. The summed E-state index contributed by atoms with van der Waals surface area (Å²) >= 11 is 0. The molecule has 5 heteroatoms. The van der Waals surface area contributed by atoms with Crippen molar-refractivity contribution < 1.29 is 9.53 Å². The van der Waals surface area contributed by atoms with E-state index in [0.717, 1.165) is 16.7 Å². The number of aromatic nitrogens is 1. The highest BCUT2D eigenvalue weighted by atomic mass is 16.5. The number of ether oxygens (including phenoxy) is 1. The van der Waals surface area contributed by atoms with Crippen LogP contribution in [0.1, 0.15) is 29.8 Å². The Labute approximate surface area is 160 Å². The van der Waals surface area contributed by atoms with E-state index < -0.39 is 0 Å². The zero-order valence-corrected chi connectivity index (χ0v) is 16.2. The van der Waals surface area contributed by atoms with Crippen LogP contribution in [0.2, 0.25) is 0 Å². The molecule has 5 nitrogen and oxygen atoms in total. The fourth-order valence-electron chi connectivity index (χ4n) is 2.92. The van der Waals surface area contributed by atoms with E-state index >= 15 is 0 Å². The summed E-state index contributed by atoms with van der Waals surface area (Å²) in [6.07, 6.45) is 1.69. The maximum atomic E-state index is 12.0. The Hall–Kier alpha value is -3.08. The number of anilines is 1. The quantitative estimate of drug-likeness (QED) is 0.708. The third-order valence-electron chi connectivity index (χ3n) is 4.22. The molecule has 1 heterocycles. The zero-order chi connectivity index (χ0) is 19.4. The van der Waals surface area contributed by atoms with Crippen molar-refractivity contribution in [2.75, 3.05) is 19.4 Å². The first-order chi connectivity index (χ1) is 13.0. The molecule has 3 rings (SSSR count). The van der Waals surface area contributed by atoms with Gasteiger partial charge in [0.2, 0.25) is 0 Å². The van der Waals surface area contributed by atoms with Crippen LogP contribution in [0.4, 0.5) is 5.82 Å². The van der Waals surface area contributed by atoms with E-state index in [9.17, 15) is 4.79 Å². The molecule has 1 aromatic heterocycles. The van der Waals surface area contributed by atoms with Crippen molar-refractivity contribution in [2.24, 2.45) is 0 Å². The zero-order valence-electron chi connectivity index (χ0n) is 16.2. The van der Waals surface area contributed by atoms with Crippen molar-refractivity contribution in [3.63, 3.8) is 0 Å². The lowest BCUT2D eigenvalue weighted by Crippen LogP contribution is -2.21. The van der Waals surface area contributed by atoms with Gasteiger partial charge >= 0.3 is 0 Å². The van der Waals surface area contributed by atoms with Crippen LogP contribution in [0.15, 0.2) is 54.7 Å². The molecule has 0 aliphatic carbocycles. The number of amides is 1. The van der Waals surface area contributed by atoms with Gasteiger partial charge in [0.15, 0.2) is 0 Å². The van der Waals surface area contributed by atoms with Crippen LogP contribution in [0, 0.1) is 0 Å². The second-order valence-electron chi connectivity index (χ2n) is 6.92. The van der Waals surface area contributed by atoms with Crippen LogP contribution >= 0.6 is 0 Å². The highest BCUT2D eigenvalue weighted by Gasteiger charge is 2.11. The van der Waals surface area contributed by atoms with E-state index in [1.54, 1.807) is 26.4 Å². The molecule has 1 N–H and O–H groups in total. The summed E-state index contributed by atoms with van der Waals surface area (Å²) in [5, 5.41) is 5.67. The first-order valence-corrected chi connectivity index (χ1v) is 9.04. The Kier molecular flexibility index (Phi) is 5.60. The molecule has 1 amide bonds. The van der Waals surface area contributed by atoms with Crippen LogP contribution in [0.5, 0.6) is 5.75 Å². The molecular weight excluding hydrogens is 338 g/mol. The lowest BCUT2D eigenvalue weighted by Gasteiger charge is -2.17. The highest BCUT2D eigenvalue weighted by molar-refractivity contribution is 5.93. The fourth-order valence-corrected chi connectivity index (χ4v) is 2.92. The molecule has 2 aromatic carbocycles. The Morgan fingerprint density at radius 1 is 1.11 bits per heavy atom. The van der Waals surface area contributed by atoms with E-state index in [4.69, 9.17) is 4.74 Å². The van der Waals surface area contributed by atoms with Gasteiger partial charge in [0.1, 0.15) is 11.6 Å². The molecule has 27 heavy (non-hydrogen) atoms. The lowest BCUT2D eigenvalue weighted by molar-refractivity contribution is 0.0827. The first kappa shape index (κ1) is 18.7. The molecule has 0 aliphatic rings. The Bertz CT molecular complexity index is 934. The van der Waals surface area contributed by atoms with E-state index in [1.807, 2.05) is 38.1 Å². The number of benzene rings is 2.